The van der Waals surface area contributed by atoms with Gasteiger partial charge in [0, 0.05) is 43.5 Å². The third-order valence-corrected chi connectivity index (χ3v) is 4.50. The van der Waals surface area contributed by atoms with Crippen molar-refractivity contribution in [2.45, 2.75) is 6.04 Å². The Morgan fingerprint density at radius 2 is 1.88 bits per heavy atom. The number of carbonyl (C=O) groups is 1. The van der Waals surface area contributed by atoms with E-state index >= 15 is 0 Å². The fourth-order valence-electron chi connectivity index (χ4n) is 2.98. The summed E-state index contributed by atoms with van der Waals surface area (Å²) in [5, 5.41) is 0.631. The summed E-state index contributed by atoms with van der Waals surface area (Å²) in [4.78, 5) is 24.8. The molecule has 0 unspecified atom stereocenters. The number of benzene rings is 1. The first-order valence-corrected chi connectivity index (χ1v) is 8.37. The van der Waals surface area contributed by atoms with E-state index < -0.39 is 6.04 Å². The van der Waals surface area contributed by atoms with E-state index in [0.717, 1.165) is 5.56 Å². The summed E-state index contributed by atoms with van der Waals surface area (Å²) in [5.74, 6) is 0.790. The van der Waals surface area contributed by atoms with Gasteiger partial charge in [-0.3, -0.25) is 9.69 Å². The zero-order valence-electron chi connectivity index (χ0n) is 13.9. The van der Waals surface area contributed by atoms with Crippen LogP contribution in [0.5, 0.6) is 5.88 Å². The molecule has 8 heteroatoms. The second-order valence-corrected chi connectivity index (χ2v) is 6.21. The first-order valence-electron chi connectivity index (χ1n) is 7.99. The number of methoxy groups -OCH3 is 1. The van der Waals surface area contributed by atoms with Crippen LogP contribution in [0.25, 0.3) is 0 Å². The molecule has 2 N–H and O–H groups in total. The van der Waals surface area contributed by atoms with Gasteiger partial charge in [0.1, 0.15) is 6.04 Å². The van der Waals surface area contributed by atoms with E-state index in [9.17, 15) is 4.79 Å². The van der Waals surface area contributed by atoms with Crippen LogP contribution in [-0.2, 0) is 4.79 Å². The predicted molar refractivity (Wildman–Crippen MR) is 95.8 cm³/mol. The number of amides is 1. The molecular weight excluding hydrogens is 342 g/mol. The molecule has 0 saturated carbocycles. The number of ether oxygens (including phenoxy) is 1. The largest absolute Gasteiger partial charge is 0.481 e. The predicted octanol–water partition coefficient (Wildman–Crippen LogP) is 1.49. The van der Waals surface area contributed by atoms with Crippen molar-refractivity contribution >= 4 is 23.5 Å². The van der Waals surface area contributed by atoms with Crippen molar-refractivity contribution in [3.63, 3.8) is 0 Å². The normalized spacial score (nSPS) is 16.5. The quantitative estimate of drug-likeness (QED) is 0.868. The molecule has 2 aromatic rings. The van der Waals surface area contributed by atoms with Crippen LogP contribution in [0.3, 0.4) is 0 Å². The lowest BCUT2D eigenvalue weighted by molar-refractivity contribution is -0.123. The van der Waals surface area contributed by atoms with Crippen molar-refractivity contribution in [1.82, 2.24) is 14.9 Å². The fourth-order valence-corrected chi connectivity index (χ4v) is 3.10. The molecule has 1 aliphatic heterocycles. The molecule has 0 aliphatic carbocycles. The molecule has 1 atom stereocenters. The Labute approximate surface area is 151 Å². The lowest BCUT2D eigenvalue weighted by Crippen LogP contribution is -2.50. The lowest BCUT2D eigenvalue weighted by atomic mass is 10.0. The van der Waals surface area contributed by atoms with Gasteiger partial charge < -0.3 is 15.4 Å². The van der Waals surface area contributed by atoms with Crippen LogP contribution < -0.4 is 15.4 Å². The highest BCUT2D eigenvalue weighted by atomic mass is 35.5. The number of nitrogens with zero attached hydrogens (tertiary/aromatic N) is 4. The summed E-state index contributed by atoms with van der Waals surface area (Å²) < 4.78 is 5.14. The number of hydrogen-bond acceptors (Lipinski definition) is 6. The van der Waals surface area contributed by atoms with Gasteiger partial charge >= 0.3 is 0 Å². The topological polar surface area (TPSA) is 84.6 Å². The third kappa shape index (κ3) is 4.00. The summed E-state index contributed by atoms with van der Waals surface area (Å²) in [6.45, 7) is 2.75. The first-order chi connectivity index (χ1) is 12.1. The second kappa shape index (κ2) is 7.67. The number of rotatable bonds is 5. The minimum Gasteiger partial charge on any atom is -0.481 e. The van der Waals surface area contributed by atoms with Crippen LogP contribution in [-0.4, -0.2) is 54.1 Å². The highest BCUT2D eigenvalue weighted by Gasteiger charge is 2.29. The van der Waals surface area contributed by atoms with E-state index in [1.807, 2.05) is 12.1 Å². The van der Waals surface area contributed by atoms with Gasteiger partial charge in [-0.1, -0.05) is 23.7 Å². The Bertz CT molecular complexity index is 732. The van der Waals surface area contributed by atoms with E-state index in [1.165, 1.54) is 0 Å². The van der Waals surface area contributed by atoms with Crippen molar-refractivity contribution in [3.05, 3.63) is 47.1 Å². The molecule has 0 spiro atoms. The Morgan fingerprint density at radius 1 is 1.20 bits per heavy atom. The maximum Gasteiger partial charge on any atom is 0.239 e. The van der Waals surface area contributed by atoms with Crippen LogP contribution >= 0.6 is 11.6 Å². The average Bonchev–Trinajstić information content (AvgIpc) is 2.64. The van der Waals surface area contributed by atoms with Crippen LogP contribution in [0.4, 0.5) is 5.95 Å². The molecule has 1 fully saturated rings. The Morgan fingerprint density at radius 3 is 2.48 bits per heavy atom. The van der Waals surface area contributed by atoms with Gasteiger partial charge in [0.2, 0.25) is 17.7 Å². The molecular formula is C17H20ClN5O2. The number of carbonyl (C=O) groups excluding carboxylic acids is 1. The van der Waals surface area contributed by atoms with E-state index in [4.69, 9.17) is 22.1 Å². The highest BCUT2D eigenvalue weighted by Crippen LogP contribution is 2.24. The minimum absolute atomic E-state index is 0.367. The van der Waals surface area contributed by atoms with E-state index in [2.05, 4.69) is 19.8 Å². The molecule has 1 aliphatic rings. The van der Waals surface area contributed by atoms with Gasteiger partial charge in [-0.05, 0) is 17.7 Å². The van der Waals surface area contributed by atoms with Crippen LogP contribution in [0.15, 0.2) is 36.5 Å². The zero-order valence-corrected chi connectivity index (χ0v) is 14.7. The molecule has 1 aromatic carbocycles. The Balaban J connectivity index is 1.71. The van der Waals surface area contributed by atoms with Gasteiger partial charge in [-0.2, -0.15) is 4.98 Å². The molecule has 1 amide bonds. The molecule has 3 rings (SSSR count). The number of halogens is 1. The van der Waals surface area contributed by atoms with E-state index in [0.29, 0.717) is 43.0 Å². The number of nitrogens with two attached hydrogens (primary N) is 1. The maximum absolute atomic E-state index is 12.0. The third-order valence-electron chi connectivity index (χ3n) is 4.24. The number of piperazine rings is 1. The van der Waals surface area contributed by atoms with Crippen LogP contribution in [0, 0.1) is 0 Å². The SMILES string of the molecule is COc1ccnc(N2CCN([C@@H](C(N)=O)c3ccc(Cl)cc3)CC2)n1. The van der Waals surface area contributed by atoms with Crippen molar-refractivity contribution in [2.75, 3.05) is 38.2 Å². The van der Waals surface area contributed by atoms with Gasteiger partial charge in [0.05, 0.1) is 7.11 Å². The van der Waals surface area contributed by atoms with E-state index in [-0.39, 0.29) is 5.91 Å². The van der Waals surface area contributed by atoms with Gasteiger partial charge in [0.25, 0.3) is 0 Å². The summed E-state index contributed by atoms with van der Waals surface area (Å²) in [7, 11) is 1.58. The van der Waals surface area contributed by atoms with Crippen molar-refractivity contribution in [2.24, 2.45) is 5.73 Å². The molecule has 25 heavy (non-hydrogen) atoms. The first kappa shape index (κ1) is 17.4. The van der Waals surface area contributed by atoms with Crippen molar-refractivity contribution in [1.29, 1.82) is 0 Å². The highest BCUT2D eigenvalue weighted by molar-refractivity contribution is 6.30. The monoisotopic (exact) mass is 361 g/mol. The standard InChI is InChI=1S/C17H20ClN5O2/c1-25-14-6-7-20-17(21-14)23-10-8-22(9-11-23)15(16(19)24)12-2-4-13(18)5-3-12/h2-7,15H,8-11H2,1H3,(H2,19,24)/t15-/m1/s1. The molecule has 1 saturated heterocycles. The molecule has 1 aromatic heterocycles. The summed E-state index contributed by atoms with van der Waals surface area (Å²) >= 11 is 5.93. The van der Waals surface area contributed by atoms with Crippen LogP contribution in [0.2, 0.25) is 5.02 Å². The summed E-state index contributed by atoms with van der Waals surface area (Å²) in [6, 6.07) is 8.47. The summed E-state index contributed by atoms with van der Waals surface area (Å²) in [5.41, 5.74) is 6.50. The van der Waals surface area contributed by atoms with Gasteiger partial charge in [0.15, 0.2) is 0 Å². The molecule has 0 radical (unpaired) electrons. The zero-order chi connectivity index (χ0) is 17.8. The van der Waals surface area contributed by atoms with Crippen molar-refractivity contribution < 1.29 is 9.53 Å². The van der Waals surface area contributed by atoms with E-state index in [1.54, 1.807) is 31.5 Å². The number of hydrogen-bond donors (Lipinski definition) is 1. The smallest absolute Gasteiger partial charge is 0.239 e. The number of aromatic nitrogens is 2. The molecule has 7 nitrogen and oxygen atoms in total. The average molecular weight is 362 g/mol. The van der Waals surface area contributed by atoms with Crippen molar-refractivity contribution in [3.8, 4) is 5.88 Å². The molecule has 132 valence electrons. The number of anilines is 1. The lowest BCUT2D eigenvalue weighted by Gasteiger charge is -2.38. The minimum atomic E-state index is -0.467. The maximum atomic E-state index is 12.0. The van der Waals surface area contributed by atoms with Crippen LogP contribution in [0.1, 0.15) is 11.6 Å². The second-order valence-electron chi connectivity index (χ2n) is 5.78. The molecule has 0 bridgehead atoms. The molecule has 2 heterocycles. The van der Waals surface area contributed by atoms with Gasteiger partial charge in [-0.15, -0.1) is 0 Å². The fraction of sp³-hybridized carbons (Fsp3) is 0.353. The summed E-state index contributed by atoms with van der Waals surface area (Å²) in [6.07, 6.45) is 1.67. The number of primary amides is 1. The van der Waals surface area contributed by atoms with Gasteiger partial charge in [-0.25, -0.2) is 4.98 Å². The Hall–Kier alpha value is -2.38. The Kier molecular flexibility index (Phi) is 5.35.